The molecular weight excluding hydrogens is 264 g/mol. The highest BCUT2D eigenvalue weighted by atomic mass is 16.2. The van der Waals surface area contributed by atoms with Gasteiger partial charge in [-0.05, 0) is 37.0 Å². The van der Waals surface area contributed by atoms with Crippen LogP contribution >= 0.6 is 0 Å². The molecule has 2 atom stereocenters. The van der Waals surface area contributed by atoms with Gasteiger partial charge in [-0.3, -0.25) is 14.8 Å². The molecule has 1 amide bonds. The number of nitrogens with zero attached hydrogens (tertiary/aromatic N) is 3. The first-order valence-corrected chi connectivity index (χ1v) is 7.41. The van der Waals surface area contributed by atoms with Gasteiger partial charge in [0, 0.05) is 37.1 Å². The van der Waals surface area contributed by atoms with E-state index in [0.717, 1.165) is 30.4 Å². The van der Waals surface area contributed by atoms with E-state index in [1.807, 2.05) is 23.1 Å². The minimum atomic E-state index is 0.0462. The van der Waals surface area contributed by atoms with E-state index in [9.17, 15) is 4.79 Å². The van der Waals surface area contributed by atoms with Crippen LogP contribution in [0.3, 0.4) is 0 Å². The summed E-state index contributed by atoms with van der Waals surface area (Å²) in [6, 6.07) is 5.62. The Morgan fingerprint density at radius 2 is 2.10 bits per heavy atom. The van der Waals surface area contributed by atoms with E-state index in [2.05, 4.69) is 16.9 Å². The van der Waals surface area contributed by atoms with Crippen LogP contribution in [0.2, 0.25) is 0 Å². The Balaban J connectivity index is 1.88. The van der Waals surface area contributed by atoms with E-state index in [0.29, 0.717) is 18.0 Å². The van der Waals surface area contributed by atoms with Gasteiger partial charge >= 0.3 is 0 Å². The number of rotatable bonds is 2. The van der Waals surface area contributed by atoms with Gasteiger partial charge in [-0.1, -0.05) is 6.92 Å². The summed E-state index contributed by atoms with van der Waals surface area (Å²) in [5, 5.41) is 0. The quantitative estimate of drug-likeness (QED) is 0.913. The van der Waals surface area contributed by atoms with Crippen LogP contribution in [-0.2, 0) is 0 Å². The fourth-order valence-electron chi connectivity index (χ4n) is 3.00. The summed E-state index contributed by atoms with van der Waals surface area (Å²) in [6.07, 6.45) is 5.31. The van der Waals surface area contributed by atoms with Gasteiger partial charge in [-0.15, -0.1) is 0 Å². The van der Waals surface area contributed by atoms with Crippen LogP contribution in [0, 0.1) is 5.92 Å². The monoisotopic (exact) mass is 284 g/mol. The molecule has 2 heterocycles. The number of carbonyl (C=O) groups excluding carboxylic acids is 1. The van der Waals surface area contributed by atoms with Gasteiger partial charge in [0.05, 0.1) is 11.0 Å². The van der Waals surface area contributed by atoms with Crippen LogP contribution in [0.25, 0.3) is 11.0 Å². The van der Waals surface area contributed by atoms with Gasteiger partial charge in [-0.2, -0.15) is 0 Å². The van der Waals surface area contributed by atoms with Gasteiger partial charge in [0.25, 0.3) is 5.91 Å². The van der Waals surface area contributed by atoms with Crippen molar-refractivity contribution < 1.29 is 4.79 Å². The molecule has 1 aromatic heterocycles. The van der Waals surface area contributed by atoms with Gasteiger partial charge in [0.15, 0.2) is 0 Å². The van der Waals surface area contributed by atoms with E-state index in [1.165, 1.54) is 0 Å². The minimum Gasteiger partial charge on any atom is -0.334 e. The largest absolute Gasteiger partial charge is 0.334 e. The standard InChI is InChI=1S/C16H20N4O/c1-11-4-7-20(13(8-11)10-17)16(21)12-2-3-14-15(9-12)19-6-5-18-14/h2-3,5-6,9,11,13H,4,7-8,10,17H2,1H3. The Labute approximate surface area is 124 Å². The van der Waals surface area contributed by atoms with Crippen molar-refractivity contribution in [2.75, 3.05) is 13.1 Å². The van der Waals surface area contributed by atoms with Gasteiger partial charge in [-0.25, -0.2) is 0 Å². The molecule has 2 N–H and O–H groups in total. The van der Waals surface area contributed by atoms with E-state index in [1.54, 1.807) is 12.4 Å². The molecule has 2 aromatic rings. The number of hydrogen-bond acceptors (Lipinski definition) is 4. The summed E-state index contributed by atoms with van der Waals surface area (Å²) in [7, 11) is 0. The van der Waals surface area contributed by atoms with E-state index in [4.69, 9.17) is 5.73 Å². The third kappa shape index (κ3) is 2.74. The van der Waals surface area contributed by atoms with Crippen LogP contribution in [0.5, 0.6) is 0 Å². The SMILES string of the molecule is CC1CCN(C(=O)c2ccc3nccnc3c2)C(CN)C1. The molecule has 5 heteroatoms. The van der Waals surface area contributed by atoms with Gasteiger partial charge in [0.2, 0.25) is 0 Å². The molecule has 3 rings (SSSR count). The molecule has 1 aliphatic heterocycles. The summed E-state index contributed by atoms with van der Waals surface area (Å²) in [5.41, 5.74) is 8.06. The van der Waals surface area contributed by atoms with Crippen molar-refractivity contribution in [2.45, 2.75) is 25.8 Å². The maximum atomic E-state index is 12.7. The number of fused-ring (bicyclic) bond motifs is 1. The lowest BCUT2D eigenvalue weighted by molar-refractivity contribution is 0.0574. The van der Waals surface area contributed by atoms with Crippen molar-refractivity contribution in [3.63, 3.8) is 0 Å². The number of likely N-dealkylation sites (tertiary alicyclic amines) is 1. The zero-order valence-electron chi connectivity index (χ0n) is 12.2. The predicted octanol–water partition coefficient (Wildman–Crippen LogP) is 1.83. The molecule has 0 aliphatic carbocycles. The number of amides is 1. The van der Waals surface area contributed by atoms with Crippen molar-refractivity contribution in [2.24, 2.45) is 11.7 Å². The average molecular weight is 284 g/mol. The molecule has 1 fully saturated rings. The number of carbonyl (C=O) groups is 1. The summed E-state index contributed by atoms with van der Waals surface area (Å²) >= 11 is 0. The molecule has 0 spiro atoms. The molecule has 21 heavy (non-hydrogen) atoms. The molecule has 2 unspecified atom stereocenters. The van der Waals surface area contributed by atoms with E-state index < -0.39 is 0 Å². The molecule has 1 aromatic carbocycles. The molecule has 0 bridgehead atoms. The van der Waals surface area contributed by atoms with Crippen LogP contribution in [0.1, 0.15) is 30.1 Å². The first kappa shape index (κ1) is 13.9. The zero-order valence-corrected chi connectivity index (χ0v) is 12.2. The summed E-state index contributed by atoms with van der Waals surface area (Å²) in [4.78, 5) is 23.1. The molecule has 1 saturated heterocycles. The normalized spacial score (nSPS) is 22.5. The highest BCUT2D eigenvalue weighted by Gasteiger charge is 2.29. The number of benzene rings is 1. The van der Waals surface area contributed by atoms with Crippen LogP contribution in [0.15, 0.2) is 30.6 Å². The fraction of sp³-hybridized carbons (Fsp3) is 0.438. The number of hydrogen-bond donors (Lipinski definition) is 1. The Bertz CT molecular complexity index is 658. The lowest BCUT2D eigenvalue weighted by atomic mass is 9.92. The van der Waals surface area contributed by atoms with Crippen LogP contribution < -0.4 is 5.73 Å². The van der Waals surface area contributed by atoms with Crippen molar-refractivity contribution >= 4 is 16.9 Å². The molecule has 110 valence electrons. The number of piperidine rings is 1. The Hall–Kier alpha value is -2.01. The Morgan fingerprint density at radius 3 is 2.86 bits per heavy atom. The second-order valence-electron chi connectivity index (χ2n) is 5.78. The van der Waals surface area contributed by atoms with Crippen LogP contribution in [0.4, 0.5) is 0 Å². The zero-order chi connectivity index (χ0) is 14.8. The maximum absolute atomic E-state index is 12.7. The highest BCUT2D eigenvalue weighted by molar-refractivity contribution is 5.97. The summed E-state index contributed by atoms with van der Waals surface area (Å²) in [5.74, 6) is 0.676. The lowest BCUT2D eigenvalue weighted by Crippen LogP contribution is -2.49. The van der Waals surface area contributed by atoms with Crippen molar-refractivity contribution in [3.05, 3.63) is 36.2 Å². The number of nitrogens with two attached hydrogens (primary N) is 1. The second kappa shape index (κ2) is 5.77. The summed E-state index contributed by atoms with van der Waals surface area (Å²) in [6.45, 7) is 3.51. The van der Waals surface area contributed by atoms with Gasteiger partial charge < -0.3 is 10.6 Å². The van der Waals surface area contributed by atoms with Gasteiger partial charge in [0.1, 0.15) is 0 Å². The molecule has 1 aliphatic rings. The van der Waals surface area contributed by atoms with Crippen molar-refractivity contribution in [3.8, 4) is 0 Å². The minimum absolute atomic E-state index is 0.0462. The molecule has 5 nitrogen and oxygen atoms in total. The third-order valence-corrected chi connectivity index (χ3v) is 4.23. The topological polar surface area (TPSA) is 72.1 Å². The molecular formula is C16H20N4O. The average Bonchev–Trinajstić information content (AvgIpc) is 2.53. The summed E-state index contributed by atoms with van der Waals surface area (Å²) < 4.78 is 0. The Morgan fingerprint density at radius 1 is 1.33 bits per heavy atom. The first-order valence-electron chi connectivity index (χ1n) is 7.41. The van der Waals surface area contributed by atoms with E-state index in [-0.39, 0.29) is 11.9 Å². The highest BCUT2D eigenvalue weighted by Crippen LogP contribution is 2.24. The maximum Gasteiger partial charge on any atom is 0.254 e. The fourth-order valence-corrected chi connectivity index (χ4v) is 3.00. The third-order valence-electron chi connectivity index (χ3n) is 4.23. The molecule has 0 radical (unpaired) electrons. The van der Waals surface area contributed by atoms with E-state index >= 15 is 0 Å². The Kier molecular flexibility index (Phi) is 3.84. The lowest BCUT2D eigenvalue weighted by Gasteiger charge is -2.38. The van der Waals surface area contributed by atoms with Crippen LogP contribution in [-0.4, -0.2) is 39.9 Å². The van der Waals surface area contributed by atoms with Crippen molar-refractivity contribution in [1.82, 2.24) is 14.9 Å². The second-order valence-corrected chi connectivity index (χ2v) is 5.78. The van der Waals surface area contributed by atoms with Crippen molar-refractivity contribution in [1.29, 1.82) is 0 Å². The predicted molar refractivity (Wildman–Crippen MR) is 81.8 cm³/mol. The molecule has 0 saturated carbocycles. The first-order chi connectivity index (χ1) is 10.2. The number of aromatic nitrogens is 2. The smallest absolute Gasteiger partial charge is 0.254 e.